The number of likely N-dealkylation sites (tertiary alicyclic amines) is 1. The van der Waals surface area contributed by atoms with Crippen LogP contribution in [0.25, 0.3) is 0 Å². The zero-order valence-corrected chi connectivity index (χ0v) is 20.2. The molecule has 10 heteroatoms. The van der Waals surface area contributed by atoms with Gasteiger partial charge in [0.15, 0.2) is 5.78 Å². The lowest BCUT2D eigenvalue weighted by Crippen LogP contribution is -2.55. The molecule has 174 valence electrons. The molecule has 0 radical (unpaired) electrons. The summed E-state index contributed by atoms with van der Waals surface area (Å²) < 4.78 is 19.6. The van der Waals surface area contributed by atoms with Gasteiger partial charge in [-0.15, -0.1) is 0 Å². The normalized spacial score (nSPS) is 26.0. The maximum atomic E-state index is 14.3. The Morgan fingerprint density at radius 1 is 1.06 bits per heavy atom. The van der Waals surface area contributed by atoms with Crippen molar-refractivity contribution in [2.24, 2.45) is 5.92 Å². The number of nitrogens with zero attached hydrogens (tertiary/aromatic N) is 1. The summed E-state index contributed by atoms with van der Waals surface area (Å²) in [5, 5.41) is 2.88. The van der Waals surface area contributed by atoms with E-state index in [0.717, 1.165) is 32.1 Å². The van der Waals surface area contributed by atoms with Gasteiger partial charge < -0.3 is 15.0 Å². The van der Waals surface area contributed by atoms with Crippen LogP contribution in [0.1, 0.15) is 42.5 Å². The molecule has 0 aromatic heterocycles. The molecule has 2 aliphatic heterocycles. The molecule has 3 fully saturated rings. The van der Waals surface area contributed by atoms with Crippen molar-refractivity contribution in [2.45, 2.75) is 56.5 Å². The monoisotopic (exact) mass is 490 g/mol. The van der Waals surface area contributed by atoms with Crippen molar-refractivity contribution < 1.29 is 23.5 Å². The molecule has 2 heterocycles. The Hall–Kier alpha value is -1.23. The van der Waals surface area contributed by atoms with Crippen molar-refractivity contribution in [1.29, 1.82) is 0 Å². The second kappa shape index (κ2) is 12.1. The number of benzene rings is 1. The molecule has 0 unspecified atom stereocenters. The van der Waals surface area contributed by atoms with Gasteiger partial charge in [0, 0.05) is 5.56 Å². The van der Waals surface area contributed by atoms with Gasteiger partial charge in [-0.1, -0.05) is 37.5 Å². The van der Waals surface area contributed by atoms with Gasteiger partial charge in [0.05, 0.1) is 6.54 Å². The number of carbonyl (C=O) groups excluding carboxylic acids is 3. The number of halogens is 1. The first-order valence-electron chi connectivity index (χ1n) is 10.0. The van der Waals surface area contributed by atoms with E-state index in [-0.39, 0.29) is 77.2 Å². The number of hydrogen-bond acceptors (Lipinski definition) is 4. The summed E-state index contributed by atoms with van der Waals surface area (Å²) in [6, 6.07) is 7.09. The molecular formula is C21H31FN2O4S3. The quantitative estimate of drug-likeness (QED) is 0.702. The van der Waals surface area contributed by atoms with Gasteiger partial charge in [-0.25, -0.2) is 4.39 Å². The first-order chi connectivity index (χ1) is 13.6. The van der Waals surface area contributed by atoms with Crippen LogP contribution >= 0.6 is 40.5 Å². The van der Waals surface area contributed by atoms with Gasteiger partial charge in [0.25, 0.3) is 5.91 Å². The maximum Gasteiger partial charge on any atom is 0.251 e. The summed E-state index contributed by atoms with van der Waals surface area (Å²) in [6.07, 6.45) is 2.50. The standard InChI is InChI=1S/C21H25FN2O4.3H2S/c22-15-11-24(18-16(25)12-28-19(15)18)21(27)17(13-7-3-1-4-8-13)23-20(26)14-9-5-2-6-10-14;;;/h2,5-6,9-10,13,15,17-19H,1,3-4,7-8,11-12H2,(H,23,26);3*1H2/t15-,17-,18+,19+;;;/m0.../s1. The lowest BCUT2D eigenvalue weighted by Gasteiger charge is -2.34. The summed E-state index contributed by atoms with van der Waals surface area (Å²) >= 11 is 0. The predicted octanol–water partition coefficient (Wildman–Crippen LogP) is 2.22. The smallest absolute Gasteiger partial charge is 0.251 e. The number of hydrogen-bond donors (Lipinski definition) is 1. The number of ketones is 1. The van der Waals surface area contributed by atoms with Crippen LogP contribution in [0.5, 0.6) is 0 Å². The van der Waals surface area contributed by atoms with Crippen molar-refractivity contribution in [3.05, 3.63) is 35.9 Å². The lowest BCUT2D eigenvalue weighted by atomic mass is 9.83. The highest BCUT2D eigenvalue weighted by atomic mass is 32.1. The number of Topliss-reactive ketones (excluding diaryl/α,β-unsaturated/α-hetero) is 1. The van der Waals surface area contributed by atoms with Crippen LogP contribution in [0.15, 0.2) is 30.3 Å². The molecule has 1 aromatic rings. The molecule has 1 aromatic carbocycles. The van der Waals surface area contributed by atoms with E-state index in [2.05, 4.69) is 5.32 Å². The van der Waals surface area contributed by atoms with Crippen LogP contribution in [0.3, 0.4) is 0 Å². The van der Waals surface area contributed by atoms with Crippen molar-refractivity contribution in [1.82, 2.24) is 10.2 Å². The average molecular weight is 491 g/mol. The summed E-state index contributed by atoms with van der Waals surface area (Å²) in [4.78, 5) is 39.6. The van der Waals surface area contributed by atoms with Crippen LogP contribution in [-0.4, -0.2) is 60.0 Å². The Morgan fingerprint density at radius 2 is 1.71 bits per heavy atom. The minimum Gasteiger partial charge on any atom is -0.365 e. The Morgan fingerprint density at radius 3 is 2.35 bits per heavy atom. The Labute approximate surface area is 203 Å². The van der Waals surface area contributed by atoms with E-state index >= 15 is 0 Å². The molecule has 4 rings (SSSR count). The Kier molecular flexibility index (Phi) is 10.9. The molecule has 1 N–H and O–H groups in total. The van der Waals surface area contributed by atoms with Gasteiger partial charge >= 0.3 is 0 Å². The van der Waals surface area contributed by atoms with E-state index in [1.807, 2.05) is 6.07 Å². The van der Waals surface area contributed by atoms with Crippen molar-refractivity contribution in [3.8, 4) is 0 Å². The van der Waals surface area contributed by atoms with E-state index in [4.69, 9.17) is 4.74 Å². The second-order valence-electron chi connectivity index (χ2n) is 7.91. The summed E-state index contributed by atoms with van der Waals surface area (Å²) in [5.41, 5.74) is 0.471. The number of ether oxygens (including phenoxy) is 1. The minimum atomic E-state index is -1.38. The van der Waals surface area contributed by atoms with Crippen LogP contribution in [0.4, 0.5) is 4.39 Å². The molecule has 31 heavy (non-hydrogen) atoms. The minimum absolute atomic E-state index is 0. The highest BCUT2D eigenvalue weighted by Crippen LogP contribution is 2.33. The van der Waals surface area contributed by atoms with E-state index in [0.29, 0.717) is 5.56 Å². The van der Waals surface area contributed by atoms with Gasteiger partial charge in [-0.3, -0.25) is 14.4 Å². The van der Waals surface area contributed by atoms with E-state index in [1.165, 1.54) is 4.90 Å². The van der Waals surface area contributed by atoms with Crippen molar-refractivity contribution in [2.75, 3.05) is 13.2 Å². The fourth-order valence-corrected chi connectivity index (χ4v) is 4.67. The summed E-state index contributed by atoms with van der Waals surface area (Å²) in [7, 11) is 0. The number of carbonyl (C=O) groups is 3. The van der Waals surface area contributed by atoms with Crippen molar-refractivity contribution >= 4 is 58.1 Å². The third-order valence-electron chi connectivity index (χ3n) is 6.12. The first kappa shape index (κ1) is 27.8. The highest BCUT2D eigenvalue weighted by molar-refractivity contribution is 7.59. The predicted molar refractivity (Wildman–Crippen MR) is 131 cm³/mol. The topological polar surface area (TPSA) is 75.7 Å². The molecule has 3 aliphatic rings. The maximum absolute atomic E-state index is 14.3. The molecule has 2 saturated heterocycles. The molecule has 6 nitrogen and oxygen atoms in total. The molecule has 0 spiro atoms. The fourth-order valence-electron chi connectivity index (χ4n) is 4.67. The van der Waals surface area contributed by atoms with Crippen LogP contribution in [0.2, 0.25) is 0 Å². The number of rotatable bonds is 4. The summed E-state index contributed by atoms with van der Waals surface area (Å²) in [6.45, 7) is -0.325. The van der Waals surface area contributed by atoms with E-state index < -0.39 is 24.4 Å². The molecule has 4 atom stereocenters. The molecular weight excluding hydrogens is 459 g/mol. The molecule has 1 saturated carbocycles. The first-order valence-corrected chi connectivity index (χ1v) is 10.0. The SMILES string of the molecule is O=C(N[C@H](C(=O)N1C[C@H](F)[C@H]2OCC(=O)[C@H]21)C1CCCCC1)c1ccccc1.S.S.S. The molecule has 2 amide bonds. The number of amides is 2. The molecule has 1 aliphatic carbocycles. The number of fused-ring (bicyclic) bond motifs is 1. The Balaban J connectivity index is 0.00000160. The zero-order valence-electron chi connectivity index (χ0n) is 17.2. The number of alkyl halides is 1. The third kappa shape index (κ3) is 5.77. The van der Waals surface area contributed by atoms with Crippen LogP contribution in [-0.2, 0) is 14.3 Å². The van der Waals surface area contributed by atoms with Gasteiger partial charge in [-0.05, 0) is 30.9 Å². The highest BCUT2D eigenvalue weighted by Gasteiger charge is 2.54. The lowest BCUT2D eigenvalue weighted by molar-refractivity contribution is -0.139. The number of nitrogens with one attached hydrogen (secondary N) is 1. The Bertz CT molecular complexity index is 764. The van der Waals surface area contributed by atoms with Crippen LogP contribution in [0, 0.1) is 5.92 Å². The fraction of sp³-hybridized carbons (Fsp3) is 0.571. The third-order valence-corrected chi connectivity index (χ3v) is 6.12. The summed E-state index contributed by atoms with van der Waals surface area (Å²) in [5.74, 6) is -0.977. The second-order valence-corrected chi connectivity index (χ2v) is 7.91. The largest absolute Gasteiger partial charge is 0.365 e. The van der Waals surface area contributed by atoms with Gasteiger partial charge in [-0.2, -0.15) is 40.5 Å². The molecule has 0 bridgehead atoms. The van der Waals surface area contributed by atoms with E-state index in [9.17, 15) is 18.8 Å². The van der Waals surface area contributed by atoms with Gasteiger partial charge in [0.2, 0.25) is 5.91 Å². The van der Waals surface area contributed by atoms with Gasteiger partial charge in [0.1, 0.15) is 31.0 Å². The van der Waals surface area contributed by atoms with Crippen molar-refractivity contribution in [3.63, 3.8) is 0 Å². The zero-order chi connectivity index (χ0) is 19.7. The van der Waals surface area contributed by atoms with Crippen LogP contribution < -0.4 is 5.32 Å². The average Bonchev–Trinajstić information content (AvgIpc) is 3.27. The van der Waals surface area contributed by atoms with E-state index in [1.54, 1.807) is 24.3 Å².